The molecule has 1 amide bonds. The highest BCUT2D eigenvalue weighted by Crippen LogP contribution is 2.32. The fourth-order valence-electron chi connectivity index (χ4n) is 4.75. The predicted octanol–water partition coefficient (Wildman–Crippen LogP) is 6.52. The molecular weight excluding hydrogens is 493 g/mol. The molecule has 0 radical (unpaired) electrons. The number of hydrogen-bond acceptors (Lipinski definition) is 5. The van der Waals surface area contributed by atoms with Gasteiger partial charge in [-0.05, 0) is 69.0 Å². The SMILES string of the molecule is C[C@@H]1C[C@H](NC(=O)OC(C)(C)C)CN(c2ccncc2NCc2ccc(F)c(-c3c(F)cccc3F)c2)C1. The Bertz CT molecular complexity index is 1270. The maximum atomic E-state index is 14.5. The minimum absolute atomic E-state index is 0.0927. The van der Waals surface area contributed by atoms with Crippen molar-refractivity contribution in [3.8, 4) is 11.1 Å². The van der Waals surface area contributed by atoms with E-state index in [4.69, 9.17) is 4.74 Å². The quantitative estimate of drug-likeness (QED) is 0.383. The number of carbonyl (C=O) groups excluding carboxylic acids is 1. The summed E-state index contributed by atoms with van der Waals surface area (Å²) < 4.78 is 48.6. The number of nitrogens with zero attached hydrogens (tertiary/aromatic N) is 2. The normalized spacial score (nSPS) is 17.7. The van der Waals surface area contributed by atoms with E-state index in [0.29, 0.717) is 18.0 Å². The number of carbonyl (C=O) groups is 1. The van der Waals surface area contributed by atoms with Crippen molar-refractivity contribution in [2.24, 2.45) is 5.92 Å². The molecule has 1 aromatic heterocycles. The maximum Gasteiger partial charge on any atom is 0.407 e. The Kier molecular flexibility index (Phi) is 8.14. The zero-order valence-corrected chi connectivity index (χ0v) is 22.0. The summed E-state index contributed by atoms with van der Waals surface area (Å²) in [5.74, 6) is -2.03. The molecule has 0 spiro atoms. The highest BCUT2D eigenvalue weighted by Gasteiger charge is 2.29. The van der Waals surface area contributed by atoms with Crippen LogP contribution < -0.4 is 15.5 Å². The molecule has 9 heteroatoms. The van der Waals surface area contributed by atoms with Crippen LogP contribution in [0.15, 0.2) is 54.9 Å². The van der Waals surface area contributed by atoms with Crippen molar-refractivity contribution in [1.82, 2.24) is 10.3 Å². The molecule has 4 rings (SSSR count). The summed E-state index contributed by atoms with van der Waals surface area (Å²) in [6, 6.07) is 9.50. The van der Waals surface area contributed by atoms with Crippen LogP contribution in [0.5, 0.6) is 0 Å². The molecule has 0 aliphatic carbocycles. The lowest BCUT2D eigenvalue weighted by Crippen LogP contribution is -2.51. The van der Waals surface area contributed by atoms with E-state index in [1.54, 1.807) is 18.5 Å². The number of halogens is 3. The standard InChI is InChI=1S/C29H33F3N4O2/c1-18-12-20(35-28(37)38-29(2,3)4)17-36(16-18)26-10-11-33-15-25(26)34-14-19-8-9-22(30)21(13-19)27-23(31)6-5-7-24(27)32/h5-11,13,15,18,20,34H,12,14,16-17H2,1-4H3,(H,35,37)/t18-,20+/m1/s1. The molecule has 0 saturated carbocycles. The Balaban J connectivity index is 1.50. The molecule has 1 saturated heterocycles. The third-order valence-corrected chi connectivity index (χ3v) is 6.27. The number of ether oxygens (including phenoxy) is 1. The van der Waals surface area contributed by atoms with E-state index in [0.717, 1.165) is 36.5 Å². The van der Waals surface area contributed by atoms with Gasteiger partial charge in [0, 0.05) is 37.4 Å². The van der Waals surface area contributed by atoms with Crippen LogP contribution in [0, 0.1) is 23.4 Å². The number of aromatic nitrogens is 1. The average molecular weight is 527 g/mol. The molecule has 2 aromatic carbocycles. The fraction of sp³-hybridized carbons (Fsp3) is 0.379. The first-order chi connectivity index (χ1) is 18.0. The predicted molar refractivity (Wildman–Crippen MR) is 142 cm³/mol. The van der Waals surface area contributed by atoms with Crippen molar-refractivity contribution < 1.29 is 22.7 Å². The first kappa shape index (κ1) is 27.3. The number of anilines is 2. The van der Waals surface area contributed by atoms with Crippen molar-refractivity contribution in [2.45, 2.75) is 52.3 Å². The highest BCUT2D eigenvalue weighted by atomic mass is 19.1. The van der Waals surface area contributed by atoms with Crippen LogP contribution in [-0.4, -0.2) is 35.8 Å². The molecule has 2 heterocycles. The Hall–Kier alpha value is -3.75. The summed E-state index contributed by atoms with van der Waals surface area (Å²) in [5, 5.41) is 6.31. The average Bonchev–Trinajstić information content (AvgIpc) is 2.82. The van der Waals surface area contributed by atoms with E-state index in [-0.39, 0.29) is 23.7 Å². The lowest BCUT2D eigenvalue weighted by atomic mass is 9.95. The monoisotopic (exact) mass is 526 g/mol. The number of pyridine rings is 1. The van der Waals surface area contributed by atoms with E-state index in [9.17, 15) is 18.0 Å². The van der Waals surface area contributed by atoms with Crippen LogP contribution in [0.2, 0.25) is 0 Å². The Labute approximate surface area is 221 Å². The lowest BCUT2D eigenvalue weighted by molar-refractivity contribution is 0.0495. The van der Waals surface area contributed by atoms with Crippen LogP contribution in [0.1, 0.15) is 39.7 Å². The molecule has 38 heavy (non-hydrogen) atoms. The molecule has 202 valence electrons. The van der Waals surface area contributed by atoms with Gasteiger partial charge in [-0.15, -0.1) is 0 Å². The van der Waals surface area contributed by atoms with Crippen LogP contribution in [-0.2, 0) is 11.3 Å². The molecule has 6 nitrogen and oxygen atoms in total. The summed E-state index contributed by atoms with van der Waals surface area (Å²) in [6.07, 6.45) is 3.79. The van der Waals surface area contributed by atoms with Gasteiger partial charge in [-0.25, -0.2) is 18.0 Å². The van der Waals surface area contributed by atoms with Gasteiger partial charge in [-0.3, -0.25) is 4.98 Å². The Morgan fingerprint density at radius 1 is 1.08 bits per heavy atom. The highest BCUT2D eigenvalue weighted by molar-refractivity contribution is 5.71. The minimum Gasteiger partial charge on any atom is -0.444 e. The third-order valence-electron chi connectivity index (χ3n) is 6.27. The van der Waals surface area contributed by atoms with Gasteiger partial charge in [0.2, 0.25) is 0 Å². The summed E-state index contributed by atoms with van der Waals surface area (Å²) in [7, 11) is 0. The molecule has 2 N–H and O–H groups in total. The van der Waals surface area contributed by atoms with Crippen molar-refractivity contribution in [3.63, 3.8) is 0 Å². The van der Waals surface area contributed by atoms with Gasteiger partial charge in [0.1, 0.15) is 23.1 Å². The summed E-state index contributed by atoms with van der Waals surface area (Å²) in [4.78, 5) is 18.8. The zero-order valence-electron chi connectivity index (χ0n) is 22.0. The van der Waals surface area contributed by atoms with Gasteiger partial charge in [0.15, 0.2) is 0 Å². The molecule has 0 bridgehead atoms. The van der Waals surface area contributed by atoms with Crippen LogP contribution in [0.25, 0.3) is 11.1 Å². The first-order valence-corrected chi connectivity index (χ1v) is 12.7. The van der Waals surface area contributed by atoms with Crippen LogP contribution in [0.3, 0.4) is 0 Å². The zero-order chi connectivity index (χ0) is 27.4. The summed E-state index contributed by atoms with van der Waals surface area (Å²) in [6.45, 7) is 9.28. The first-order valence-electron chi connectivity index (χ1n) is 12.7. The van der Waals surface area contributed by atoms with Crippen molar-refractivity contribution in [3.05, 3.63) is 77.9 Å². The second-order valence-corrected chi connectivity index (χ2v) is 10.7. The summed E-state index contributed by atoms with van der Waals surface area (Å²) >= 11 is 0. The third kappa shape index (κ3) is 6.76. The minimum atomic E-state index is -0.822. The Morgan fingerprint density at radius 3 is 2.53 bits per heavy atom. The second-order valence-electron chi connectivity index (χ2n) is 10.7. The van der Waals surface area contributed by atoms with Gasteiger partial charge in [0.25, 0.3) is 0 Å². The largest absolute Gasteiger partial charge is 0.444 e. The van der Waals surface area contributed by atoms with Gasteiger partial charge < -0.3 is 20.3 Å². The number of nitrogens with one attached hydrogen (secondary N) is 2. The Morgan fingerprint density at radius 2 is 1.82 bits per heavy atom. The number of alkyl carbamates (subject to hydrolysis) is 1. The molecule has 3 aromatic rings. The molecule has 1 fully saturated rings. The van der Waals surface area contributed by atoms with E-state index in [1.807, 2.05) is 26.8 Å². The molecule has 2 atom stereocenters. The van der Waals surface area contributed by atoms with Crippen molar-refractivity contribution >= 4 is 17.5 Å². The van der Waals surface area contributed by atoms with E-state index in [1.165, 1.54) is 18.2 Å². The molecular formula is C29H33F3N4O2. The molecule has 0 unspecified atom stereocenters. The van der Waals surface area contributed by atoms with Crippen LogP contribution >= 0.6 is 0 Å². The van der Waals surface area contributed by atoms with Gasteiger partial charge >= 0.3 is 6.09 Å². The number of benzene rings is 2. The van der Waals surface area contributed by atoms with E-state index >= 15 is 0 Å². The molecule has 1 aliphatic heterocycles. The van der Waals surface area contributed by atoms with Gasteiger partial charge in [-0.2, -0.15) is 0 Å². The second kappa shape index (κ2) is 11.3. The number of hydrogen-bond donors (Lipinski definition) is 2. The topological polar surface area (TPSA) is 66.5 Å². The fourth-order valence-corrected chi connectivity index (χ4v) is 4.75. The number of piperidine rings is 1. The van der Waals surface area contributed by atoms with Crippen molar-refractivity contribution in [2.75, 3.05) is 23.3 Å². The smallest absolute Gasteiger partial charge is 0.407 e. The summed E-state index contributed by atoms with van der Waals surface area (Å²) in [5.41, 5.74) is 1.21. The number of amides is 1. The maximum absolute atomic E-state index is 14.5. The van der Waals surface area contributed by atoms with E-state index in [2.05, 4.69) is 27.4 Å². The van der Waals surface area contributed by atoms with Crippen LogP contribution in [0.4, 0.5) is 29.3 Å². The van der Waals surface area contributed by atoms with E-state index < -0.39 is 29.1 Å². The number of rotatable bonds is 6. The van der Waals surface area contributed by atoms with Crippen molar-refractivity contribution in [1.29, 1.82) is 0 Å². The molecule has 1 aliphatic rings. The van der Waals surface area contributed by atoms with Gasteiger partial charge in [-0.1, -0.05) is 19.1 Å². The lowest BCUT2D eigenvalue weighted by Gasteiger charge is -2.39. The van der Waals surface area contributed by atoms with Gasteiger partial charge in [0.05, 0.1) is 23.1 Å².